The van der Waals surface area contributed by atoms with E-state index in [4.69, 9.17) is 14.5 Å². The summed E-state index contributed by atoms with van der Waals surface area (Å²) in [5.74, 6) is 0.0923. The third-order valence-electron chi connectivity index (χ3n) is 6.23. The lowest BCUT2D eigenvalue weighted by molar-refractivity contribution is 0.0240. The molecule has 8 nitrogen and oxygen atoms in total. The van der Waals surface area contributed by atoms with E-state index in [1.807, 2.05) is 58.2 Å². The van der Waals surface area contributed by atoms with Crippen LogP contribution in [0.5, 0.6) is 5.88 Å². The average molecular weight is 492 g/mol. The van der Waals surface area contributed by atoms with Gasteiger partial charge in [0.15, 0.2) is 11.5 Å². The maximum Gasteiger partial charge on any atom is 0.410 e. The Morgan fingerprint density at radius 1 is 1.03 bits per heavy atom. The Bertz CT molecular complexity index is 1450. The van der Waals surface area contributed by atoms with Crippen molar-refractivity contribution in [2.75, 3.05) is 38.2 Å². The van der Waals surface area contributed by atoms with Crippen molar-refractivity contribution >= 4 is 28.3 Å². The largest absolute Gasteiger partial charge is 0.481 e. The van der Waals surface area contributed by atoms with E-state index in [-0.39, 0.29) is 11.9 Å². The predicted molar refractivity (Wildman–Crippen MR) is 137 cm³/mol. The molecule has 3 aromatic heterocycles. The van der Waals surface area contributed by atoms with Gasteiger partial charge in [-0.1, -0.05) is 6.07 Å². The number of fused-ring (bicyclic) bond motifs is 2. The van der Waals surface area contributed by atoms with E-state index >= 15 is 0 Å². The van der Waals surface area contributed by atoms with Gasteiger partial charge in [-0.2, -0.15) is 0 Å². The number of carbonyl (C=O) groups is 1. The molecule has 0 radical (unpaired) electrons. The minimum absolute atomic E-state index is 0.291. The highest BCUT2D eigenvalue weighted by molar-refractivity contribution is 6.01. The number of aryl methyl sites for hydroxylation is 1. The van der Waals surface area contributed by atoms with Crippen LogP contribution in [0.2, 0.25) is 0 Å². The number of piperazine rings is 1. The first-order valence-corrected chi connectivity index (χ1v) is 12.0. The summed E-state index contributed by atoms with van der Waals surface area (Å²) in [6.07, 6.45) is 3.38. The van der Waals surface area contributed by atoms with Gasteiger partial charge in [-0.15, -0.1) is 0 Å². The lowest BCUT2D eigenvalue weighted by Crippen LogP contribution is -2.50. The molecule has 1 saturated heterocycles. The van der Waals surface area contributed by atoms with Crippen LogP contribution in [0.3, 0.4) is 0 Å². The molecule has 0 saturated carbocycles. The zero-order valence-electron chi connectivity index (χ0n) is 21.2. The normalized spacial score (nSPS) is 14.5. The van der Waals surface area contributed by atoms with Gasteiger partial charge in [0.05, 0.1) is 18.3 Å². The number of rotatable bonds is 3. The Balaban J connectivity index is 1.51. The summed E-state index contributed by atoms with van der Waals surface area (Å²) in [4.78, 5) is 25.5. The van der Waals surface area contributed by atoms with Gasteiger partial charge in [0.1, 0.15) is 5.60 Å². The zero-order chi connectivity index (χ0) is 25.6. The molecule has 9 heteroatoms. The van der Waals surface area contributed by atoms with Crippen LogP contribution in [0.1, 0.15) is 26.5 Å². The number of ether oxygens (including phenoxy) is 2. The van der Waals surface area contributed by atoms with Gasteiger partial charge in [-0.25, -0.2) is 19.2 Å². The van der Waals surface area contributed by atoms with Crippen LogP contribution < -0.4 is 9.64 Å². The van der Waals surface area contributed by atoms with Crippen molar-refractivity contribution in [3.05, 3.63) is 54.2 Å². The van der Waals surface area contributed by atoms with Crippen molar-refractivity contribution < 1.29 is 18.7 Å². The number of halogens is 1. The lowest BCUT2D eigenvalue weighted by Gasteiger charge is -2.37. The first kappa shape index (κ1) is 23.8. The fourth-order valence-electron chi connectivity index (χ4n) is 4.59. The molecule has 0 unspecified atom stereocenters. The second-order valence-electron chi connectivity index (χ2n) is 10.0. The minimum atomic E-state index is -0.525. The quantitative estimate of drug-likeness (QED) is 0.399. The highest BCUT2D eigenvalue weighted by Crippen LogP contribution is 2.36. The van der Waals surface area contributed by atoms with Crippen LogP contribution in [-0.4, -0.2) is 64.3 Å². The van der Waals surface area contributed by atoms with Crippen LogP contribution in [-0.2, 0) is 4.74 Å². The molecular formula is C27H30FN5O3. The van der Waals surface area contributed by atoms with Crippen molar-refractivity contribution in [2.45, 2.75) is 33.3 Å². The van der Waals surface area contributed by atoms with E-state index < -0.39 is 5.60 Å². The van der Waals surface area contributed by atoms with Gasteiger partial charge in [0, 0.05) is 66.8 Å². The molecule has 0 aliphatic carbocycles. The number of pyridine rings is 2. The van der Waals surface area contributed by atoms with Gasteiger partial charge in [-0.05, 0) is 45.9 Å². The molecule has 0 spiro atoms. The van der Waals surface area contributed by atoms with Crippen LogP contribution in [0, 0.1) is 12.7 Å². The number of benzene rings is 1. The molecule has 1 aliphatic heterocycles. The maximum atomic E-state index is 14.9. The molecule has 0 bridgehead atoms. The summed E-state index contributed by atoms with van der Waals surface area (Å²) in [6, 6.07) is 9.31. The monoisotopic (exact) mass is 491 g/mol. The molecule has 1 aliphatic rings. The smallest absolute Gasteiger partial charge is 0.410 e. The molecular weight excluding hydrogens is 461 g/mol. The van der Waals surface area contributed by atoms with Crippen molar-refractivity contribution in [3.8, 4) is 17.0 Å². The number of aromatic nitrogens is 3. The zero-order valence-corrected chi connectivity index (χ0v) is 21.2. The lowest BCUT2D eigenvalue weighted by atomic mass is 10.0. The second-order valence-corrected chi connectivity index (χ2v) is 10.0. The van der Waals surface area contributed by atoms with E-state index in [0.717, 1.165) is 27.8 Å². The van der Waals surface area contributed by atoms with Gasteiger partial charge in [0.25, 0.3) is 0 Å². The SMILES string of the molecule is COc1ccc2c(N3CCN(C(=O)OC(C)(C)C)CC3)ccc(-c3cc(F)c4nc(C)cn4c3)c2n1. The molecule has 36 heavy (non-hydrogen) atoms. The molecule has 4 heterocycles. The molecule has 4 aromatic rings. The number of anilines is 1. The second kappa shape index (κ2) is 8.96. The van der Waals surface area contributed by atoms with Gasteiger partial charge in [0.2, 0.25) is 5.88 Å². The fraction of sp³-hybridized carbons (Fsp3) is 0.370. The Morgan fingerprint density at radius 2 is 1.78 bits per heavy atom. The summed E-state index contributed by atoms with van der Waals surface area (Å²) in [6.45, 7) is 9.89. The minimum Gasteiger partial charge on any atom is -0.481 e. The van der Waals surface area contributed by atoms with E-state index in [0.29, 0.717) is 43.3 Å². The Morgan fingerprint density at radius 3 is 2.47 bits per heavy atom. The standard InChI is InChI=1S/C27H30FN5O3/c1-17-15-33-16-18(14-21(28)25(33)29-17)19-6-8-22(20-7-9-23(35-5)30-24(19)20)31-10-12-32(13-11-31)26(34)36-27(2,3)4/h6-9,14-16H,10-13H2,1-5H3. The maximum absolute atomic E-state index is 14.9. The summed E-state index contributed by atoms with van der Waals surface area (Å²) < 4.78 is 27.5. The summed E-state index contributed by atoms with van der Waals surface area (Å²) in [7, 11) is 1.58. The highest BCUT2D eigenvalue weighted by atomic mass is 19.1. The summed E-state index contributed by atoms with van der Waals surface area (Å²) in [5, 5.41) is 0.932. The van der Waals surface area contributed by atoms with E-state index in [2.05, 4.69) is 9.88 Å². The van der Waals surface area contributed by atoms with Crippen LogP contribution in [0.15, 0.2) is 42.7 Å². The number of hydrogen-bond acceptors (Lipinski definition) is 6. The molecule has 0 N–H and O–H groups in total. The molecule has 0 atom stereocenters. The van der Waals surface area contributed by atoms with Gasteiger partial charge < -0.3 is 23.7 Å². The Labute approximate surface area is 209 Å². The number of imidazole rings is 1. The number of nitrogens with zero attached hydrogens (tertiary/aromatic N) is 5. The molecule has 1 aromatic carbocycles. The average Bonchev–Trinajstić information content (AvgIpc) is 3.23. The van der Waals surface area contributed by atoms with Crippen molar-refractivity contribution in [2.24, 2.45) is 0 Å². The van der Waals surface area contributed by atoms with E-state index in [1.165, 1.54) is 6.07 Å². The van der Waals surface area contributed by atoms with Gasteiger partial charge in [-0.3, -0.25) is 0 Å². The van der Waals surface area contributed by atoms with E-state index in [9.17, 15) is 9.18 Å². The molecule has 5 rings (SSSR count). The van der Waals surface area contributed by atoms with Crippen molar-refractivity contribution in [1.82, 2.24) is 19.3 Å². The Kier molecular flexibility index (Phi) is 5.94. The van der Waals surface area contributed by atoms with Gasteiger partial charge >= 0.3 is 6.09 Å². The first-order valence-electron chi connectivity index (χ1n) is 12.0. The number of methoxy groups -OCH3 is 1. The summed E-state index contributed by atoms with van der Waals surface area (Å²) in [5.41, 5.74) is 3.74. The van der Waals surface area contributed by atoms with E-state index in [1.54, 1.807) is 22.6 Å². The predicted octanol–water partition coefficient (Wildman–Crippen LogP) is 5.06. The molecule has 188 valence electrons. The van der Waals surface area contributed by atoms with Crippen molar-refractivity contribution in [3.63, 3.8) is 0 Å². The first-order chi connectivity index (χ1) is 17.1. The molecule has 1 amide bonds. The topological polar surface area (TPSA) is 72.2 Å². The number of carbonyl (C=O) groups excluding carboxylic acids is 1. The van der Waals surface area contributed by atoms with Crippen LogP contribution in [0.25, 0.3) is 27.7 Å². The third-order valence-corrected chi connectivity index (χ3v) is 6.23. The van der Waals surface area contributed by atoms with Crippen LogP contribution in [0.4, 0.5) is 14.9 Å². The fourth-order valence-corrected chi connectivity index (χ4v) is 4.59. The third kappa shape index (κ3) is 4.53. The van der Waals surface area contributed by atoms with Crippen molar-refractivity contribution in [1.29, 1.82) is 0 Å². The van der Waals surface area contributed by atoms with Crippen LogP contribution >= 0.6 is 0 Å². The number of hydrogen-bond donors (Lipinski definition) is 0. The molecule has 1 fully saturated rings. The number of amides is 1. The summed E-state index contributed by atoms with van der Waals surface area (Å²) >= 11 is 0. The highest BCUT2D eigenvalue weighted by Gasteiger charge is 2.27. The Hall–Kier alpha value is -3.88.